The van der Waals surface area contributed by atoms with E-state index in [0.29, 0.717) is 37.2 Å². The molecule has 3 rings (SSSR count). The Morgan fingerprint density at radius 2 is 1.81 bits per heavy atom. The highest BCUT2D eigenvalue weighted by Gasteiger charge is 2.35. The summed E-state index contributed by atoms with van der Waals surface area (Å²) in [6.45, 7) is 3.53. The summed E-state index contributed by atoms with van der Waals surface area (Å²) in [4.78, 5) is 14.6. The Morgan fingerprint density at radius 1 is 1.15 bits per heavy atom. The summed E-state index contributed by atoms with van der Waals surface area (Å²) in [6, 6.07) is 6.25. The van der Waals surface area contributed by atoms with E-state index >= 15 is 0 Å². The molecule has 1 aromatic rings. The predicted molar refractivity (Wildman–Crippen MR) is 100 cm³/mol. The zero-order valence-corrected chi connectivity index (χ0v) is 16.4. The first-order valence-electron chi connectivity index (χ1n) is 8.97. The van der Waals surface area contributed by atoms with Gasteiger partial charge in [-0.25, -0.2) is 13.8 Å². The second kappa shape index (κ2) is 8.22. The SMILES string of the molecule is CCCC1CC(C(=O)N2CCN(S(=O)(=O)c3ccc(Cl)cc3)CC2)NN1. The molecular weight excluding hydrogens is 376 g/mol. The van der Waals surface area contributed by atoms with Gasteiger partial charge in [0, 0.05) is 37.2 Å². The fraction of sp³-hybridized carbons (Fsp3) is 0.588. The van der Waals surface area contributed by atoms with Crippen LogP contribution in [0.15, 0.2) is 29.2 Å². The summed E-state index contributed by atoms with van der Waals surface area (Å²) in [6.07, 6.45) is 2.88. The molecule has 0 radical (unpaired) electrons. The molecule has 0 aliphatic carbocycles. The lowest BCUT2D eigenvalue weighted by Gasteiger charge is -2.35. The van der Waals surface area contributed by atoms with Crippen LogP contribution in [0.5, 0.6) is 0 Å². The van der Waals surface area contributed by atoms with Gasteiger partial charge in [0.2, 0.25) is 15.9 Å². The zero-order chi connectivity index (χ0) is 18.7. The fourth-order valence-corrected chi connectivity index (χ4v) is 4.99. The van der Waals surface area contributed by atoms with Crippen molar-refractivity contribution in [3.8, 4) is 0 Å². The lowest BCUT2D eigenvalue weighted by molar-refractivity contribution is -0.134. The zero-order valence-electron chi connectivity index (χ0n) is 14.8. The molecule has 2 atom stereocenters. The van der Waals surface area contributed by atoms with E-state index < -0.39 is 10.0 Å². The van der Waals surface area contributed by atoms with Crippen LogP contribution < -0.4 is 10.9 Å². The second-order valence-electron chi connectivity index (χ2n) is 6.75. The number of hydrazine groups is 1. The summed E-state index contributed by atoms with van der Waals surface area (Å²) < 4.78 is 26.8. The highest BCUT2D eigenvalue weighted by atomic mass is 35.5. The summed E-state index contributed by atoms with van der Waals surface area (Å²) in [7, 11) is -3.55. The maximum Gasteiger partial charge on any atom is 0.243 e. The lowest BCUT2D eigenvalue weighted by atomic mass is 10.1. The van der Waals surface area contributed by atoms with Crippen LogP contribution in [0.2, 0.25) is 5.02 Å². The smallest absolute Gasteiger partial charge is 0.243 e. The van der Waals surface area contributed by atoms with Crippen molar-refractivity contribution in [2.24, 2.45) is 0 Å². The minimum atomic E-state index is -3.55. The minimum absolute atomic E-state index is 0.0413. The van der Waals surface area contributed by atoms with Crippen molar-refractivity contribution < 1.29 is 13.2 Å². The summed E-state index contributed by atoms with van der Waals surface area (Å²) in [5.74, 6) is 0.0413. The standard InChI is InChI=1S/C17H25ClN4O3S/c1-2-3-14-12-16(20-19-14)17(23)21-8-10-22(11-9-21)26(24,25)15-6-4-13(18)5-7-15/h4-7,14,16,19-20H,2-3,8-12H2,1H3. The molecule has 2 aliphatic heterocycles. The van der Waals surface area contributed by atoms with Crippen LogP contribution in [0.3, 0.4) is 0 Å². The van der Waals surface area contributed by atoms with Gasteiger partial charge in [-0.1, -0.05) is 24.9 Å². The van der Waals surface area contributed by atoms with Crippen molar-refractivity contribution in [3.63, 3.8) is 0 Å². The van der Waals surface area contributed by atoms with E-state index in [4.69, 9.17) is 11.6 Å². The number of carbonyl (C=O) groups excluding carboxylic acids is 1. The van der Waals surface area contributed by atoms with Gasteiger partial charge in [0.25, 0.3) is 0 Å². The van der Waals surface area contributed by atoms with Crippen molar-refractivity contribution in [1.29, 1.82) is 0 Å². The highest BCUT2D eigenvalue weighted by molar-refractivity contribution is 7.89. The van der Waals surface area contributed by atoms with Crippen LogP contribution >= 0.6 is 11.6 Å². The largest absolute Gasteiger partial charge is 0.339 e. The van der Waals surface area contributed by atoms with E-state index in [1.165, 1.54) is 16.4 Å². The fourth-order valence-electron chi connectivity index (χ4n) is 3.45. The molecule has 2 saturated heterocycles. The number of nitrogens with one attached hydrogen (secondary N) is 2. The third kappa shape index (κ3) is 4.20. The van der Waals surface area contributed by atoms with Crippen LogP contribution in [0.4, 0.5) is 0 Å². The van der Waals surface area contributed by atoms with Gasteiger partial charge in [0.05, 0.1) is 4.90 Å². The van der Waals surface area contributed by atoms with Crippen molar-refractivity contribution in [2.45, 2.75) is 43.2 Å². The summed E-state index contributed by atoms with van der Waals surface area (Å²) in [5, 5.41) is 0.499. The number of hydrogen-bond acceptors (Lipinski definition) is 5. The third-order valence-corrected chi connectivity index (χ3v) is 7.08. The van der Waals surface area contributed by atoms with Crippen molar-refractivity contribution in [1.82, 2.24) is 20.1 Å². The molecule has 2 heterocycles. The van der Waals surface area contributed by atoms with Crippen LogP contribution in [0.25, 0.3) is 0 Å². The molecule has 2 unspecified atom stereocenters. The number of amides is 1. The summed E-state index contributed by atoms with van der Waals surface area (Å²) in [5.41, 5.74) is 6.25. The molecule has 26 heavy (non-hydrogen) atoms. The lowest BCUT2D eigenvalue weighted by Crippen LogP contribution is -2.54. The van der Waals surface area contributed by atoms with Crippen molar-refractivity contribution in [3.05, 3.63) is 29.3 Å². The molecular formula is C17H25ClN4O3S. The predicted octanol–water partition coefficient (Wildman–Crippen LogP) is 1.21. The first-order valence-corrected chi connectivity index (χ1v) is 10.8. The summed E-state index contributed by atoms with van der Waals surface area (Å²) >= 11 is 5.83. The van der Waals surface area contributed by atoms with E-state index in [9.17, 15) is 13.2 Å². The number of piperazine rings is 1. The average molecular weight is 401 g/mol. The quantitative estimate of drug-likeness (QED) is 0.776. The monoisotopic (exact) mass is 400 g/mol. The molecule has 2 aliphatic rings. The molecule has 1 aromatic carbocycles. The number of carbonyl (C=O) groups is 1. The molecule has 0 aromatic heterocycles. The van der Waals surface area contributed by atoms with E-state index in [1.54, 1.807) is 17.0 Å². The number of nitrogens with zero attached hydrogens (tertiary/aromatic N) is 2. The molecule has 0 spiro atoms. The van der Waals surface area contributed by atoms with E-state index in [0.717, 1.165) is 19.3 Å². The second-order valence-corrected chi connectivity index (χ2v) is 9.12. The number of sulfonamides is 1. The molecule has 0 saturated carbocycles. The minimum Gasteiger partial charge on any atom is -0.339 e. The van der Waals surface area contributed by atoms with Gasteiger partial charge in [-0.3, -0.25) is 10.2 Å². The van der Waals surface area contributed by atoms with Crippen LogP contribution in [0.1, 0.15) is 26.2 Å². The maximum atomic E-state index is 12.7. The van der Waals surface area contributed by atoms with Gasteiger partial charge < -0.3 is 4.90 Å². The molecule has 2 fully saturated rings. The molecule has 2 N–H and O–H groups in total. The Morgan fingerprint density at radius 3 is 2.42 bits per heavy atom. The Hall–Kier alpha value is -1.19. The Bertz CT molecular complexity index is 733. The molecule has 0 bridgehead atoms. The van der Waals surface area contributed by atoms with Crippen molar-refractivity contribution >= 4 is 27.5 Å². The van der Waals surface area contributed by atoms with Gasteiger partial charge in [-0.05, 0) is 37.1 Å². The number of benzene rings is 1. The molecule has 144 valence electrons. The van der Waals surface area contributed by atoms with Gasteiger partial charge >= 0.3 is 0 Å². The van der Waals surface area contributed by atoms with E-state index in [1.807, 2.05) is 0 Å². The molecule has 9 heteroatoms. The first kappa shape index (κ1) is 19.6. The Kier molecular flexibility index (Phi) is 6.19. The number of halogens is 1. The highest BCUT2D eigenvalue weighted by Crippen LogP contribution is 2.21. The Labute approximate surface area is 159 Å². The van der Waals surface area contributed by atoms with Crippen molar-refractivity contribution in [2.75, 3.05) is 26.2 Å². The van der Waals surface area contributed by atoms with E-state index in [-0.39, 0.29) is 16.8 Å². The van der Waals surface area contributed by atoms with Gasteiger partial charge in [0.1, 0.15) is 6.04 Å². The average Bonchev–Trinajstić information content (AvgIpc) is 3.10. The van der Waals surface area contributed by atoms with Crippen LogP contribution in [-0.2, 0) is 14.8 Å². The molecule has 7 nitrogen and oxygen atoms in total. The normalized spacial score (nSPS) is 24.8. The number of hydrogen-bond donors (Lipinski definition) is 2. The van der Waals surface area contributed by atoms with E-state index in [2.05, 4.69) is 17.8 Å². The molecule has 1 amide bonds. The third-order valence-electron chi connectivity index (χ3n) is 4.92. The van der Waals surface area contributed by atoms with Gasteiger partial charge in [-0.15, -0.1) is 0 Å². The van der Waals surface area contributed by atoms with Crippen LogP contribution in [-0.4, -0.2) is 61.8 Å². The van der Waals surface area contributed by atoms with Gasteiger partial charge in [-0.2, -0.15) is 4.31 Å². The topological polar surface area (TPSA) is 81.8 Å². The maximum absolute atomic E-state index is 12.7. The van der Waals surface area contributed by atoms with Crippen LogP contribution in [0, 0.1) is 0 Å². The Balaban J connectivity index is 1.57. The first-order chi connectivity index (χ1) is 12.4. The number of rotatable bonds is 5. The van der Waals surface area contributed by atoms with Gasteiger partial charge in [0.15, 0.2) is 0 Å².